The summed E-state index contributed by atoms with van der Waals surface area (Å²) < 4.78 is 0. The molecule has 4 nitrogen and oxygen atoms in total. The van der Waals surface area contributed by atoms with Crippen LogP contribution in [0.1, 0.15) is 58.3 Å². The van der Waals surface area contributed by atoms with Crippen LogP contribution >= 0.6 is 0 Å². The van der Waals surface area contributed by atoms with Crippen molar-refractivity contribution >= 4 is 5.91 Å². The number of aliphatic hydroxyl groups excluding tert-OH is 1. The molecule has 1 aliphatic heterocycles. The molecule has 0 aromatic carbocycles. The van der Waals surface area contributed by atoms with Crippen molar-refractivity contribution in [2.24, 2.45) is 11.7 Å². The third kappa shape index (κ3) is 3.29. The molecule has 4 unspecified atom stereocenters. The lowest BCUT2D eigenvalue weighted by molar-refractivity contribution is -0.126. The Morgan fingerprint density at radius 2 is 1.95 bits per heavy atom. The molecule has 1 heterocycles. The first-order chi connectivity index (χ1) is 9.15. The van der Waals surface area contributed by atoms with E-state index in [4.69, 9.17) is 5.73 Å². The Morgan fingerprint density at radius 3 is 2.58 bits per heavy atom. The third-order valence-corrected chi connectivity index (χ3v) is 4.98. The zero-order valence-corrected chi connectivity index (χ0v) is 12.1. The van der Waals surface area contributed by atoms with Crippen LogP contribution < -0.4 is 5.73 Å². The van der Waals surface area contributed by atoms with E-state index in [9.17, 15) is 9.90 Å². The fourth-order valence-corrected chi connectivity index (χ4v) is 4.01. The quantitative estimate of drug-likeness (QED) is 0.815. The largest absolute Gasteiger partial charge is 0.393 e. The van der Waals surface area contributed by atoms with Gasteiger partial charge in [-0.1, -0.05) is 26.2 Å². The summed E-state index contributed by atoms with van der Waals surface area (Å²) >= 11 is 0. The maximum absolute atomic E-state index is 11.7. The van der Waals surface area contributed by atoms with Gasteiger partial charge in [-0.25, -0.2) is 0 Å². The molecule has 2 rings (SSSR count). The van der Waals surface area contributed by atoms with Gasteiger partial charge >= 0.3 is 0 Å². The van der Waals surface area contributed by atoms with E-state index in [0.29, 0.717) is 12.0 Å². The number of primary amides is 1. The molecule has 0 spiro atoms. The average molecular weight is 268 g/mol. The summed E-state index contributed by atoms with van der Waals surface area (Å²) in [7, 11) is 0. The fourth-order valence-electron chi connectivity index (χ4n) is 4.01. The number of amides is 1. The van der Waals surface area contributed by atoms with Gasteiger partial charge in [0.05, 0.1) is 12.1 Å². The number of hydrogen-bond acceptors (Lipinski definition) is 3. The summed E-state index contributed by atoms with van der Waals surface area (Å²) in [5.41, 5.74) is 5.56. The smallest absolute Gasteiger partial charge is 0.234 e. The zero-order valence-electron chi connectivity index (χ0n) is 12.1. The highest BCUT2D eigenvalue weighted by Gasteiger charge is 2.39. The van der Waals surface area contributed by atoms with Crippen molar-refractivity contribution in [2.75, 3.05) is 6.54 Å². The van der Waals surface area contributed by atoms with Crippen LogP contribution in [0.2, 0.25) is 0 Å². The molecule has 3 N–H and O–H groups in total. The number of piperidine rings is 1. The van der Waals surface area contributed by atoms with Crippen molar-refractivity contribution < 1.29 is 9.90 Å². The number of aliphatic hydroxyl groups is 1. The lowest BCUT2D eigenvalue weighted by atomic mass is 9.77. The zero-order chi connectivity index (χ0) is 13.8. The molecular weight excluding hydrogens is 240 g/mol. The molecule has 0 radical (unpaired) electrons. The normalized spacial score (nSPS) is 34.9. The predicted octanol–water partition coefficient (Wildman–Crippen LogP) is 1.66. The van der Waals surface area contributed by atoms with Crippen LogP contribution in [0.15, 0.2) is 0 Å². The Bertz CT molecular complexity index is 309. The first-order valence-electron chi connectivity index (χ1n) is 7.88. The molecule has 1 saturated carbocycles. The lowest BCUT2D eigenvalue weighted by Gasteiger charge is -2.46. The van der Waals surface area contributed by atoms with Crippen molar-refractivity contribution in [1.29, 1.82) is 0 Å². The fraction of sp³-hybridized carbons (Fsp3) is 0.933. The van der Waals surface area contributed by atoms with Crippen molar-refractivity contribution in [1.82, 2.24) is 4.90 Å². The van der Waals surface area contributed by atoms with E-state index >= 15 is 0 Å². The summed E-state index contributed by atoms with van der Waals surface area (Å²) in [6.45, 7) is 2.98. The molecule has 1 saturated heterocycles. The van der Waals surface area contributed by atoms with E-state index in [1.165, 1.54) is 12.8 Å². The summed E-state index contributed by atoms with van der Waals surface area (Å²) in [6, 6.07) is 0.195. The van der Waals surface area contributed by atoms with Gasteiger partial charge in [-0.15, -0.1) is 0 Å². The summed E-state index contributed by atoms with van der Waals surface area (Å²) in [6.07, 6.45) is 8.39. The number of carbonyl (C=O) groups excluding carboxylic acids is 1. The van der Waals surface area contributed by atoms with E-state index in [1.807, 2.05) is 6.92 Å². The van der Waals surface area contributed by atoms with Crippen molar-refractivity contribution in [3.8, 4) is 0 Å². The molecule has 0 bridgehead atoms. The van der Waals surface area contributed by atoms with Crippen LogP contribution in [-0.2, 0) is 4.79 Å². The van der Waals surface area contributed by atoms with Crippen LogP contribution in [0, 0.1) is 5.92 Å². The average Bonchev–Trinajstić information content (AvgIpc) is 2.40. The number of nitrogens with two attached hydrogens (primary N) is 1. The van der Waals surface area contributed by atoms with Crippen LogP contribution in [0.5, 0.6) is 0 Å². The van der Waals surface area contributed by atoms with E-state index in [1.54, 1.807) is 0 Å². The summed E-state index contributed by atoms with van der Waals surface area (Å²) in [5, 5.41) is 10.3. The highest BCUT2D eigenvalue weighted by molar-refractivity contribution is 5.79. The van der Waals surface area contributed by atoms with Gasteiger partial charge in [0.2, 0.25) is 5.91 Å². The molecule has 2 fully saturated rings. The minimum atomic E-state index is -0.209. The van der Waals surface area contributed by atoms with Crippen LogP contribution in [0.25, 0.3) is 0 Å². The highest BCUT2D eigenvalue weighted by atomic mass is 16.3. The van der Waals surface area contributed by atoms with Gasteiger partial charge in [0, 0.05) is 12.0 Å². The van der Waals surface area contributed by atoms with Gasteiger partial charge < -0.3 is 10.8 Å². The maximum atomic E-state index is 11.7. The minimum Gasteiger partial charge on any atom is -0.393 e. The minimum absolute atomic E-state index is 0.153. The van der Waals surface area contributed by atoms with Gasteiger partial charge in [-0.3, -0.25) is 9.69 Å². The molecular formula is C15H28N2O2. The van der Waals surface area contributed by atoms with Gasteiger partial charge in [0.1, 0.15) is 0 Å². The van der Waals surface area contributed by atoms with Gasteiger partial charge in [0.15, 0.2) is 0 Å². The first-order valence-corrected chi connectivity index (χ1v) is 7.88. The number of carbonyl (C=O) groups is 1. The number of rotatable bonds is 4. The molecule has 1 aliphatic carbocycles. The van der Waals surface area contributed by atoms with Crippen molar-refractivity contribution in [3.05, 3.63) is 0 Å². The van der Waals surface area contributed by atoms with Crippen LogP contribution in [0.4, 0.5) is 0 Å². The molecule has 4 atom stereocenters. The van der Waals surface area contributed by atoms with Crippen LogP contribution in [-0.4, -0.2) is 40.6 Å². The number of hydrogen-bond donors (Lipinski definition) is 2. The molecule has 19 heavy (non-hydrogen) atoms. The van der Waals surface area contributed by atoms with Crippen molar-refractivity contribution in [3.63, 3.8) is 0 Å². The molecule has 4 heteroatoms. The highest BCUT2D eigenvalue weighted by Crippen LogP contribution is 2.35. The molecule has 0 aromatic rings. The standard InChI is InChI=1S/C15H28N2O2/c1-2-12(15(16)19)17-10-6-5-8-13(17)11-7-3-4-9-14(11)18/h11-14,18H,2-10H2,1H3,(H2,16,19). The Labute approximate surface area is 116 Å². The van der Waals surface area contributed by atoms with Crippen LogP contribution in [0.3, 0.4) is 0 Å². The molecule has 0 aromatic heterocycles. The molecule has 110 valence electrons. The molecule has 2 aliphatic rings. The monoisotopic (exact) mass is 268 g/mol. The van der Waals surface area contributed by atoms with E-state index in [0.717, 1.165) is 45.1 Å². The van der Waals surface area contributed by atoms with E-state index in [2.05, 4.69) is 4.90 Å². The topological polar surface area (TPSA) is 66.6 Å². The van der Waals surface area contributed by atoms with Crippen molar-refractivity contribution in [2.45, 2.75) is 76.5 Å². The first kappa shape index (κ1) is 14.8. The Morgan fingerprint density at radius 1 is 1.26 bits per heavy atom. The van der Waals surface area contributed by atoms with E-state index in [-0.39, 0.29) is 18.1 Å². The third-order valence-electron chi connectivity index (χ3n) is 4.98. The Balaban J connectivity index is 2.12. The second kappa shape index (κ2) is 6.71. The Kier molecular flexibility index (Phi) is 5.22. The molecule has 1 amide bonds. The van der Waals surface area contributed by atoms with Gasteiger partial charge in [0.25, 0.3) is 0 Å². The van der Waals surface area contributed by atoms with Gasteiger partial charge in [-0.05, 0) is 38.6 Å². The second-order valence-electron chi connectivity index (χ2n) is 6.14. The predicted molar refractivity (Wildman–Crippen MR) is 75.6 cm³/mol. The summed E-state index contributed by atoms with van der Waals surface area (Å²) in [5.74, 6) is 0.127. The second-order valence-corrected chi connectivity index (χ2v) is 6.14. The lowest BCUT2D eigenvalue weighted by Crippen LogP contribution is -2.56. The number of likely N-dealkylation sites (tertiary alicyclic amines) is 1. The number of nitrogens with zero attached hydrogens (tertiary/aromatic N) is 1. The Hall–Kier alpha value is -0.610. The SMILES string of the molecule is CCC(C(N)=O)N1CCCCC1C1CCCCC1O. The van der Waals surface area contributed by atoms with Gasteiger partial charge in [-0.2, -0.15) is 0 Å². The maximum Gasteiger partial charge on any atom is 0.234 e. The summed E-state index contributed by atoms with van der Waals surface area (Å²) in [4.78, 5) is 14.0. The van der Waals surface area contributed by atoms with E-state index < -0.39 is 0 Å².